The van der Waals surface area contributed by atoms with Gasteiger partial charge in [-0.05, 0) is 52.0 Å². The molecule has 1 amide bonds. The summed E-state index contributed by atoms with van der Waals surface area (Å²) in [5.74, 6) is -0.358. The number of aliphatic hydroxyl groups excluding tert-OH is 1. The highest BCUT2D eigenvalue weighted by Gasteiger charge is 2.22. The number of carbonyl (C=O) groups excluding carboxylic acids is 1. The lowest BCUT2D eigenvalue weighted by atomic mass is 10.1. The van der Waals surface area contributed by atoms with Gasteiger partial charge in [0.05, 0.1) is 11.0 Å². The molecule has 1 aromatic carbocycles. The second-order valence-electron chi connectivity index (χ2n) is 5.94. The van der Waals surface area contributed by atoms with E-state index in [1.807, 2.05) is 0 Å². The van der Waals surface area contributed by atoms with Gasteiger partial charge in [-0.25, -0.2) is 13.1 Å². The third kappa shape index (κ3) is 5.82. The number of carbonyl (C=O) groups is 1. The van der Waals surface area contributed by atoms with E-state index in [2.05, 4.69) is 10.0 Å². The lowest BCUT2D eigenvalue weighted by Gasteiger charge is -2.20. The molecule has 0 aliphatic carbocycles. The van der Waals surface area contributed by atoms with E-state index in [0.717, 1.165) is 0 Å². The van der Waals surface area contributed by atoms with Crippen LogP contribution in [0.1, 0.15) is 38.1 Å². The van der Waals surface area contributed by atoms with E-state index in [-0.39, 0.29) is 17.3 Å². The lowest BCUT2D eigenvalue weighted by Crippen LogP contribution is -2.40. The van der Waals surface area contributed by atoms with Crippen molar-refractivity contribution < 1.29 is 18.3 Å². The van der Waals surface area contributed by atoms with E-state index in [0.29, 0.717) is 5.56 Å². The first-order valence-corrected chi connectivity index (χ1v) is 8.10. The van der Waals surface area contributed by atoms with Gasteiger partial charge in [0.1, 0.15) is 0 Å². The van der Waals surface area contributed by atoms with Crippen molar-refractivity contribution in [3.05, 3.63) is 29.8 Å². The monoisotopic (exact) mass is 314 g/mol. The van der Waals surface area contributed by atoms with Crippen LogP contribution in [0, 0.1) is 0 Å². The van der Waals surface area contributed by atoms with Crippen LogP contribution in [0.25, 0.3) is 0 Å². The van der Waals surface area contributed by atoms with Crippen LogP contribution in [-0.2, 0) is 10.0 Å². The minimum absolute atomic E-state index is 0.101. The molecule has 7 heteroatoms. The zero-order valence-electron chi connectivity index (χ0n) is 12.7. The molecule has 0 saturated carbocycles. The van der Waals surface area contributed by atoms with E-state index in [4.69, 9.17) is 5.11 Å². The fourth-order valence-corrected chi connectivity index (χ4v) is 3.01. The summed E-state index contributed by atoms with van der Waals surface area (Å²) in [6.45, 7) is 6.96. The summed E-state index contributed by atoms with van der Waals surface area (Å²) in [5.41, 5.74) is -0.239. The van der Waals surface area contributed by atoms with Crippen LogP contribution in [0.5, 0.6) is 0 Å². The molecule has 0 saturated heterocycles. The van der Waals surface area contributed by atoms with Crippen LogP contribution in [0.15, 0.2) is 29.2 Å². The van der Waals surface area contributed by atoms with Crippen molar-refractivity contribution >= 4 is 15.9 Å². The molecule has 0 fully saturated rings. The van der Waals surface area contributed by atoms with Crippen LogP contribution in [0.3, 0.4) is 0 Å². The smallest absolute Gasteiger partial charge is 0.251 e. The Morgan fingerprint density at radius 2 is 1.76 bits per heavy atom. The first-order chi connectivity index (χ1) is 9.51. The topological polar surface area (TPSA) is 95.5 Å². The number of benzene rings is 1. The van der Waals surface area contributed by atoms with Gasteiger partial charge in [-0.15, -0.1) is 0 Å². The SMILES string of the molecule is C[C@H](O)CNC(=O)c1ccc(S(=O)(=O)NC(C)(C)C)cc1. The van der Waals surface area contributed by atoms with E-state index >= 15 is 0 Å². The number of rotatable bonds is 5. The van der Waals surface area contributed by atoms with Crippen molar-refractivity contribution in [3.63, 3.8) is 0 Å². The molecule has 21 heavy (non-hydrogen) atoms. The van der Waals surface area contributed by atoms with Gasteiger partial charge in [-0.1, -0.05) is 0 Å². The molecule has 1 atom stereocenters. The fourth-order valence-electron chi connectivity index (χ4n) is 1.59. The molecule has 0 aliphatic heterocycles. The Bertz CT molecular complexity index is 586. The third-order valence-electron chi connectivity index (χ3n) is 2.43. The molecule has 0 bridgehead atoms. The van der Waals surface area contributed by atoms with Gasteiger partial charge in [0.15, 0.2) is 0 Å². The van der Waals surface area contributed by atoms with E-state index < -0.39 is 21.7 Å². The number of sulfonamides is 1. The summed E-state index contributed by atoms with van der Waals surface area (Å²) in [4.78, 5) is 11.9. The van der Waals surface area contributed by atoms with Gasteiger partial charge < -0.3 is 10.4 Å². The predicted octanol–water partition coefficient (Wildman–Crippen LogP) is 0.874. The average molecular weight is 314 g/mol. The summed E-state index contributed by atoms with van der Waals surface area (Å²) in [6.07, 6.45) is -0.635. The van der Waals surface area contributed by atoms with E-state index in [1.54, 1.807) is 27.7 Å². The Kier molecular flexibility index (Phi) is 5.49. The molecule has 118 valence electrons. The summed E-state index contributed by atoms with van der Waals surface area (Å²) in [5, 5.41) is 11.6. The quantitative estimate of drug-likeness (QED) is 0.751. The Labute approximate surface area is 125 Å². The molecule has 1 aromatic rings. The second kappa shape index (κ2) is 6.55. The predicted molar refractivity (Wildman–Crippen MR) is 80.5 cm³/mol. The Morgan fingerprint density at radius 3 is 2.19 bits per heavy atom. The molecule has 3 N–H and O–H groups in total. The molecule has 0 radical (unpaired) electrons. The number of aliphatic hydroxyl groups is 1. The molecular formula is C14H22N2O4S. The highest BCUT2D eigenvalue weighted by Crippen LogP contribution is 2.13. The molecule has 0 spiro atoms. The normalized spacial score (nSPS) is 13.8. The third-order valence-corrected chi connectivity index (χ3v) is 4.20. The first kappa shape index (κ1) is 17.6. The zero-order valence-corrected chi connectivity index (χ0v) is 13.5. The van der Waals surface area contributed by atoms with Crippen molar-refractivity contribution in [1.29, 1.82) is 0 Å². The largest absolute Gasteiger partial charge is 0.392 e. The van der Waals surface area contributed by atoms with Gasteiger partial charge in [-0.2, -0.15) is 0 Å². The number of amides is 1. The maximum atomic E-state index is 12.1. The van der Waals surface area contributed by atoms with E-state index in [1.165, 1.54) is 24.3 Å². The number of hydrogen-bond acceptors (Lipinski definition) is 4. The average Bonchev–Trinajstić information content (AvgIpc) is 2.33. The van der Waals surface area contributed by atoms with Crippen molar-refractivity contribution in [1.82, 2.24) is 10.0 Å². The van der Waals surface area contributed by atoms with Crippen LogP contribution in [0.4, 0.5) is 0 Å². The highest BCUT2D eigenvalue weighted by atomic mass is 32.2. The Morgan fingerprint density at radius 1 is 1.24 bits per heavy atom. The van der Waals surface area contributed by atoms with Crippen LogP contribution >= 0.6 is 0 Å². The van der Waals surface area contributed by atoms with Gasteiger partial charge in [0.25, 0.3) is 5.91 Å². The number of hydrogen-bond donors (Lipinski definition) is 3. The summed E-state index contributed by atoms with van der Waals surface area (Å²) >= 11 is 0. The Balaban J connectivity index is 2.85. The molecule has 0 unspecified atom stereocenters. The van der Waals surface area contributed by atoms with Gasteiger partial charge >= 0.3 is 0 Å². The molecular weight excluding hydrogens is 292 g/mol. The summed E-state index contributed by atoms with van der Waals surface area (Å²) < 4.78 is 26.7. The van der Waals surface area contributed by atoms with Gasteiger partial charge in [0, 0.05) is 17.6 Å². The summed E-state index contributed by atoms with van der Waals surface area (Å²) in [7, 11) is -3.61. The maximum Gasteiger partial charge on any atom is 0.251 e. The van der Waals surface area contributed by atoms with Crippen LogP contribution in [0.2, 0.25) is 0 Å². The number of nitrogens with one attached hydrogen (secondary N) is 2. The van der Waals surface area contributed by atoms with Crippen molar-refractivity contribution in [2.24, 2.45) is 0 Å². The first-order valence-electron chi connectivity index (χ1n) is 6.61. The van der Waals surface area contributed by atoms with E-state index in [9.17, 15) is 13.2 Å². The molecule has 6 nitrogen and oxygen atoms in total. The van der Waals surface area contributed by atoms with Crippen LogP contribution < -0.4 is 10.0 Å². The van der Waals surface area contributed by atoms with Crippen LogP contribution in [-0.4, -0.2) is 37.6 Å². The molecule has 0 aromatic heterocycles. The van der Waals surface area contributed by atoms with Crippen molar-refractivity contribution in [3.8, 4) is 0 Å². The molecule has 0 aliphatic rings. The van der Waals surface area contributed by atoms with Gasteiger partial charge in [-0.3, -0.25) is 4.79 Å². The zero-order chi connectivity index (χ0) is 16.3. The summed E-state index contributed by atoms with van der Waals surface area (Å²) in [6, 6.07) is 5.64. The second-order valence-corrected chi connectivity index (χ2v) is 7.62. The minimum Gasteiger partial charge on any atom is -0.392 e. The lowest BCUT2D eigenvalue weighted by molar-refractivity contribution is 0.0924. The fraction of sp³-hybridized carbons (Fsp3) is 0.500. The molecule has 1 rings (SSSR count). The molecule has 0 heterocycles. The highest BCUT2D eigenvalue weighted by molar-refractivity contribution is 7.89. The standard InChI is InChI=1S/C14H22N2O4S/c1-10(17)9-15-13(18)11-5-7-12(8-6-11)21(19,20)16-14(2,3)4/h5-8,10,16-17H,9H2,1-4H3,(H,15,18)/t10-/m0/s1. The van der Waals surface area contributed by atoms with Crippen molar-refractivity contribution in [2.75, 3.05) is 6.54 Å². The Hall–Kier alpha value is -1.44. The minimum atomic E-state index is -3.61. The maximum absolute atomic E-state index is 12.1. The van der Waals surface area contributed by atoms with Gasteiger partial charge in [0.2, 0.25) is 10.0 Å². The van der Waals surface area contributed by atoms with Crippen molar-refractivity contribution in [2.45, 2.75) is 44.2 Å².